The van der Waals surface area contributed by atoms with Gasteiger partial charge in [0.2, 0.25) is 5.78 Å². The third kappa shape index (κ3) is 4.80. The van der Waals surface area contributed by atoms with Crippen molar-refractivity contribution in [2.45, 2.75) is 42.9 Å². The minimum absolute atomic E-state index is 0.0112. The molecule has 11 nitrogen and oxygen atoms in total. The standard InChI is InChI=1S/C29H25NO10S/c1-2-3-14-38-28(35)22(31)16-21(27(33)34)30-26(32)20-15-23-24(17-25(20)41(30,36)37)40-29(39-23,18-10-6-4-7-11-18)19-12-8-5-9-13-19/h4-13,15,17,21H,2-3,14,16H2,1H3,(H,33,34)/t21-/m0/s1. The Balaban J connectivity index is 1.49. The van der Waals surface area contributed by atoms with Gasteiger partial charge in [-0.15, -0.1) is 0 Å². The number of carbonyl (C=O) groups is 4. The summed E-state index contributed by atoms with van der Waals surface area (Å²) in [5.41, 5.74) is 0.857. The number of fused-ring (bicyclic) bond motifs is 2. The first-order valence-corrected chi connectivity index (χ1v) is 14.2. The number of hydrogen-bond acceptors (Lipinski definition) is 9. The molecule has 0 spiro atoms. The number of rotatable bonds is 10. The zero-order valence-corrected chi connectivity index (χ0v) is 22.6. The van der Waals surface area contributed by atoms with Crippen molar-refractivity contribution in [1.29, 1.82) is 0 Å². The number of Topliss-reactive ketones (excluding diaryl/α,β-unsaturated/α-hetero) is 1. The van der Waals surface area contributed by atoms with Crippen molar-refractivity contribution in [1.82, 2.24) is 4.31 Å². The zero-order valence-electron chi connectivity index (χ0n) is 21.8. The van der Waals surface area contributed by atoms with Crippen molar-refractivity contribution >= 4 is 33.7 Å². The molecule has 0 saturated heterocycles. The van der Waals surface area contributed by atoms with E-state index in [1.807, 2.05) is 19.1 Å². The molecule has 0 unspecified atom stereocenters. The van der Waals surface area contributed by atoms with Gasteiger partial charge in [0.15, 0.2) is 17.5 Å². The lowest BCUT2D eigenvalue weighted by molar-refractivity contribution is -0.155. The number of esters is 1. The highest BCUT2D eigenvalue weighted by atomic mass is 32.2. The molecule has 0 radical (unpaired) electrons. The van der Waals surface area contributed by atoms with Gasteiger partial charge in [0.25, 0.3) is 15.9 Å². The van der Waals surface area contributed by atoms with E-state index in [9.17, 15) is 32.7 Å². The van der Waals surface area contributed by atoms with Crippen LogP contribution in [-0.4, -0.2) is 54.1 Å². The van der Waals surface area contributed by atoms with Gasteiger partial charge in [0, 0.05) is 17.2 Å². The lowest BCUT2D eigenvalue weighted by Crippen LogP contribution is -2.46. The quantitative estimate of drug-likeness (QED) is 0.215. The fourth-order valence-corrected chi connectivity index (χ4v) is 6.40. The maximum Gasteiger partial charge on any atom is 0.374 e. The van der Waals surface area contributed by atoms with E-state index in [4.69, 9.17) is 14.2 Å². The highest BCUT2D eigenvalue weighted by molar-refractivity contribution is 7.90. The van der Waals surface area contributed by atoms with Crippen LogP contribution in [0.5, 0.6) is 11.5 Å². The monoisotopic (exact) mass is 579 g/mol. The number of nitrogens with zero attached hydrogens (tertiary/aromatic N) is 1. The van der Waals surface area contributed by atoms with Gasteiger partial charge >= 0.3 is 17.7 Å². The molecule has 1 amide bonds. The average Bonchev–Trinajstić information content (AvgIpc) is 3.44. The number of carboxylic acids is 1. The molecule has 0 bridgehead atoms. The molecule has 2 aliphatic rings. The summed E-state index contributed by atoms with van der Waals surface area (Å²) in [6, 6.07) is 18.0. The Bertz CT molecular complexity index is 1600. The topological polar surface area (TPSA) is 154 Å². The van der Waals surface area contributed by atoms with E-state index in [1.54, 1.807) is 48.5 Å². The molecule has 41 heavy (non-hydrogen) atoms. The second-order valence-corrected chi connectivity index (χ2v) is 11.2. The van der Waals surface area contributed by atoms with Crippen molar-refractivity contribution in [3.63, 3.8) is 0 Å². The Kier molecular flexibility index (Phi) is 7.26. The first kappa shape index (κ1) is 27.8. The number of carboxylic acid groups (broad SMARTS) is 1. The van der Waals surface area contributed by atoms with Crippen molar-refractivity contribution in [3.8, 4) is 11.5 Å². The number of hydrogen-bond donors (Lipinski definition) is 1. The van der Waals surface area contributed by atoms with E-state index in [0.717, 1.165) is 6.07 Å². The summed E-state index contributed by atoms with van der Waals surface area (Å²) in [4.78, 5) is 49.4. The molecule has 0 saturated carbocycles. The maximum atomic E-state index is 13.5. The number of carbonyl (C=O) groups excluding carboxylic acids is 3. The fraction of sp³-hybridized carbons (Fsp3) is 0.241. The van der Waals surface area contributed by atoms with Gasteiger partial charge < -0.3 is 19.3 Å². The maximum absolute atomic E-state index is 13.5. The summed E-state index contributed by atoms with van der Waals surface area (Å²) < 4.78 is 44.5. The van der Waals surface area contributed by atoms with Gasteiger partial charge in [-0.05, 0) is 12.5 Å². The van der Waals surface area contributed by atoms with E-state index in [1.165, 1.54) is 6.07 Å². The Morgan fingerprint density at radius 1 is 0.951 bits per heavy atom. The number of ketones is 1. The van der Waals surface area contributed by atoms with Gasteiger partial charge in [-0.25, -0.2) is 22.3 Å². The van der Waals surface area contributed by atoms with Gasteiger partial charge in [0.05, 0.1) is 18.6 Å². The Morgan fingerprint density at radius 3 is 2.05 bits per heavy atom. The highest BCUT2D eigenvalue weighted by Gasteiger charge is 2.52. The zero-order chi connectivity index (χ0) is 29.4. The summed E-state index contributed by atoms with van der Waals surface area (Å²) in [7, 11) is -4.76. The Morgan fingerprint density at radius 2 is 1.51 bits per heavy atom. The average molecular weight is 580 g/mol. The molecular weight excluding hydrogens is 554 g/mol. The lowest BCUT2D eigenvalue weighted by atomic mass is 9.97. The predicted octanol–water partition coefficient (Wildman–Crippen LogP) is 3.26. The van der Waals surface area contributed by atoms with Gasteiger partial charge in [-0.1, -0.05) is 74.0 Å². The van der Waals surface area contributed by atoms with Crippen LogP contribution in [0.3, 0.4) is 0 Å². The van der Waals surface area contributed by atoms with E-state index >= 15 is 0 Å². The SMILES string of the molecule is CCCCOC(=O)C(=O)C[C@@H](C(=O)O)N1C(=O)c2cc3c(cc2S1(=O)=O)OC(c1ccccc1)(c1ccccc1)O3. The van der Waals surface area contributed by atoms with Crippen LogP contribution in [0.15, 0.2) is 77.7 Å². The summed E-state index contributed by atoms with van der Waals surface area (Å²) >= 11 is 0. The van der Waals surface area contributed by atoms with E-state index in [0.29, 0.717) is 24.0 Å². The first-order chi connectivity index (χ1) is 19.6. The molecule has 0 aromatic heterocycles. The number of sulfonamides is 1. The molecule has 2 aliphatic heterocycles. The summed E-state index contributed by atoms with van der Waals surface area (Å²) in [6.45, 7) is 1.79. The molecule has 12 heteroatoms. The highest BCUT2D eigenvalue weighted by Crippen LogP contribution is 2.50. The van der Waals surface area contributed by atoms with Crippen molar-refractivity contribution in [2.75, 3.05) is 6.61 Å². The Labute approximate surface area is 235 Å². The van der Waals surface area contributed by atoms with Crippen molar-refractivity contribution in [2.24, 2.45) is 0 Å². The molecule has 2 heterocycles. The van der Waals surface area contributed by atoms with Crippen LogP contribution in [0.1, 0.15) is 47.7 Å². The van der Waals surface area contributed by atoms with Gasteiger partial charge in [0.1, 0.15) is 4.90 Å². The molecule has 0 fully saturated rings. The smallest absolute Gasteiger partial charge is 0.374 e. The molecule has 1 atom stereocenters. The third-order valence-electron chi connectivity index (χ3n) is 6.73. The fourth-order valence-electron chi connectivity index (χ4n) is 4.69. The minimum atomic E-state index is -4.76. The van der Waals surface area contributed by atoms with Crippen LogP contribution in [0, 0.1) is 0 Å². The van der Waals surface area contributed by atoms with Gasteiger partial charge in [-0.3, -0.25) is 9.59 Å². The number of amides is 1. The minimum Gasteiger partial charge on any atom is -0.480 e. The molecule has 0 aliphatic carbocycles. The van der Waals surface area contributed by atoms with Crippen LogP contribution < -0.4 is 9.47 Å². The van der Waals surface area contributed by atoms with E-state index in [2.05, 4.69) is 0 Å². The molecule has 3 aromatic carbocycles. The first-order valence-electron chi connectivity index (χ1n) is 12.8. The van der Waals surface area contributed by atoms with Crippen LogP contribution in [-0.2, 0) is 34.9 Å². The van der Waals surface area contributed by atoms with Crippen molar-refractivity contribution < 1.29 is 46.9 Å². The summed E-state index contributed by atoms with van der Waals surface area (Å²) in [6.07, 6.45) is 0.0879. The molecule has 5 rings (SSSR count). The normalized spacial score (nSPS) is 16.6. The number of unbranched alkanes of at least 4 members (excludes halogenated alkanes) is 1. The van der Waals surface area contributed by atoms with Crippen LogP contribution >= 0.6 is 0 Å². The van der Waals surface area contributed by atoms with Crippen LogP contribution in [0.25, 0.3) is 0 Å². The molecule has 3 aromatic rings. The predicted molar refractivity (Wildman–Crippen MR) is 142 cm³/mol. The van der Waals surface area contributed by atoms with Crippen LogP contribution in [0.4, 0.5) is 0 Å². The number of ether oxygens (including phenoxy) is 3. The van der Waals surface area contributed by atoms with Crippen molar-refractivity contribution in [3.05, 3.63) is 89.5 Å². The second-order valence-electron chi connectivity index (χ2n) is 9.42. The lowest BCUT2D eigenvalue weighted by Gasteiger charge is -2.28. The summed E-state index contributed by atoms with van der Waals surface area (Å²) in [5, 5.41) is 9.78. The number of aliphatic carboxylic acids is 1. The molecule has 1 N–H and O–H groups in total. The van der Waals surface area contributed by atoms with E-state index in [-0.39, 0.29) is 28.0 Å². The largest absolute Gasteiger partial charge is 0.480 e. The molecular formula is C29H25NO10S. The second kappa shape index (κ2) is 10.7. The third-order valence-corrected chi connectivity index (χ3v) is 8.57. The molecule has 212 valence electrons. The van der Waals surface area contributed by atoms with Gasteiger partial charge in [-0.2, -0.15) is 0 Å². The number of benzene rings is 3. The Hall–Kier alpha value is -4.71. The summed E-state index contributed by atoms with van der Waals surface area (Å²) in [5.74, 6) is -6.94. The van der Waals surface area contributed by atoms with Crippen LogP contribution in [0.2, 0.25) is 0 Å². The van der Waals surface area contributed by atoms with E-state index < -0.39 is 56.8 Å².